The molecule has 28 heavy (non-hydrogen) atoms. The van der Waals surface area contributed by atoms with E-state index in [1.165, 1.54) is 0 Å². The van der Waals surface area contributed by atoms with Gasteiger partial charge in [0.05, 0.1) is 25.4 Å². The van der Waals surface area contributed by atoms with E-state index in [1.807, 2.05) is 12.2 Å². The first-order valence-corrected chi connectivity index (χ1v) is 11.6. The number of unbranched alkanes of at least 4 members (excludes halogenated alkanes) is 3. The molecular weight excluding hydrogens is 380 g/mol. The van der Waals surface area contributed by atoms with Gasteiger partial charge in [0.25, 0.3) is 0 Å². The van der Waals surface area contributed by atoms with Crippen LogP contribution in [-0.4, -0.2) is 63.5 Å². The maximum absolute atomic E-state index is 10.5. The van der Waals surface area contributed by atoms with E-state index in [9.17, 15) is 15.0 Å². The fraction of sp³-hybridized carbons (Fsp3) is 0.857. The summed E-state index contributed by atoms with van der Waals surface area (Å²) < 4.78 is 11.9. The first kappa shape index (κ1) is 23.7. The zero-order valence-corrected chi connectivity index (χ0v) is 17.7. The Hall–Kier alpha value is -0.600. The third-order valence-electron chi connectivity index (χ3n) is 5.59. The Bertz CT molecular complexity index is 491. The van der Waals surface area contributed by atoms with Gasteiger partial charge >= 0.3 is 5.97 Å². The average molecular weight is 417 g/mol. The van der Waals surface area contributed by atoms with Crippen molar-refractivity contribution in [3.05, 3.63) is 12.2 Å². The quantitative estimate of drug-likeness (QED) is 0.313. The van der Waals surface area contributed by atoms with Crippen LogP contribution in [0.3, 0.4) is 0 Å². The van der Waals surface area contributed by atoms with Crippen LogP contribution in [0.15, 0.2) is 12.2 Å². The molecule has 0 radical (unpaired) electrons. The molecule has 4 atom stereocenters. The van der Waals surface area contributed by atoms with Gasteiger partial charge in [0.1, 0.15) is 0 Å². The van der Waals surface area contributed by atoms with Crippen LogP contribution in [0.25, 0.3) is 0 Å². The summed E-state index contributed by atoms with van der Waals surface area (Å²) in [6, 6.07) is 0. The van der Waals surface area contributed by atoms with Crippen LogP contribution in [0.2, 0.25) is 0 Å². The molecule has 2 rings (SSSR count). The number of aliphatic hydroxyl groups is 2. The normalized spacial score (nSPS) is 29.7. The first-order valence-electron chi connectivity index (χ1n) is 10.6. The lowest BCUT2D eigenvalue weighted by molar-refractivity contribution is -0.143. The lowest BCUT2D eigenvalue weighted by Gasteiger charge is -2.30. The number of aliphatic hydroxyl groups excluding tert-OH is 2. The Labute approximate surface area is 172 Å². The topological polar surface area (TPSA) is 96.2 Å². The lowest BCUT2D eigenvalue weighted by Crippen LogP contribution is -2.36. The predicted octanol–water partition coefficient (Wildman–Crippen LogP) is 3.35. The van der Waals surface area contributed by atoms with Crippen LogP contribution in [0, 0.1) is 5.92 Å². The number of carboxylic acid groups (broad SMARTS) is 1. The molecule has 0 aromatic heterocycles. The number of thioether (sulfide) groups is 1. The molecule has 0 amide bonds. The summed E-state index contributed by atoms with van der Waals surface area (Å²) in [6.07, 6.45) is 9.79. The molecule has 0 spiro atoms. The van der Waals surface area contributed by atoms with Gasteiger partial charge in [-0.15, -0.1) is 11.8 Å². The van der Waals surface area contributed by atoms with E-state index in [1.54, 1.807) is 11.8 Å². The number of allylic oxidation sites excluding steroid dienone is 2. The number of carboxylic acids is 1. The van der Waals surface area contributed by atoms with Gasteiger partial charge in [0.15, 0.2) is 5.79 Å². The van der Waals surface area contributed by atoms with Gasteiger partial charge in [-0.25, -0.2) is 0 Å². The largest absolute Gasteiger partial charge is 0.481 e. The van der Waals surface area contributed by atoms with Crippen LogP contribution < -0.4 is 0 Å². The predicted molar refractivity (Wildman–Crippen MR) is 110 cm³/mol. The average Bonchev–Trinajstić information content (AvgIpc) is 3.21. The number of hydrogen-bond acceptors (Lipinski definition) is 6. The van der Waals surface area contributed by atoms with Crippen LogP contribution in [-0.2, 0) is 14.3 Å². The van der Waals surface area contributed by atoms with E-state index in [4.69, 9.17) is 14.6 Å². The lowest BCUT2D eigenvalue weighted by atomic mass is 10.0. The number of aliphatic carboxylic acids is 1. The van der Waals surface area contributed by atoms with Crippen molar-refractivity contribution in [2.45, 2.75) is 88.0 Å². The van der Waals surface area contributed by atoms with E-state index in [2.05, 4.69) is 6.92 Å². The third-order valence-corrected chi connectivity index (χ3v) is 7.24. The maximum atomic E-state index is 10.5. The van der Waals surface area contributed by atoms with Gasteiger partial charge < -0.3 is 24.8 Å². The number of carbonyl (C=O) groups is 1. The molecule has 6 nitrogen and oxygen atoms in total. The maximum Gasteiger partial charge on any atom is 0.303 e. The van der Waals surface area contributed by atoms with Gasteiger partial charge in [-0.05, 0) is 25.7 Å². The van der Waals surface area contributed by atoms with Gasteiger partial charge in [-0.2, -0.15) is 0 Å². The summed E-state index contributed by atoms with van der Waals surface area (Å²) in [6.45, 7) is 3.41. The Balaban J connectivity index is 1.84. The molecule has 3 N–H and O–H groups in total. The van der Waals surface area contributed by atoms with E-state index in [0.29, 0.717) is 38.2 Å². The highest BCUT2D eigenvalue weighted by Gasteiger charge is 2.44. The van der Waals surface area contributed by atoms with Crippen LogP contribution in [0.4, 0.5) is 0 Å². The summed E-state index contributed by atoms with van der Waals surface area (Å²) in [5.41, 5.74) is 0. The second-order valence-corrected chi connectivity index (χ2v) is 9.03. The summed E-state index contributed by atoms with van der Waals surface area (Å²) in [5.74, 6) is -0.665. The highest BCUT2D eigenvalue weighted by atomic mass is 32.2. The molecule has 2 aliphatic rings. The van der Waals surface area contributed by atoms with Gasteiger partial charge in [0, 0.05) is 36.2 Å². The summed E-state index contributed by atoms with van der Waals surface area (Å²) in [7, 11) is 0. The second kappa shape index (κ2) is 12.2. The number of hydrogen-bond donors (Lipinski definition) is 3. The molecule has 162 valence electrons. The summed E-state index contributed by atoms with van der Waals surface area (Å²) >= 11 is 1.66. The minimum Gasteiger partial charge on any atom is -0.481 e. The molecule has 1 aliphatic carbocycles. The van der Waals surface area contributed by atoms with E-state index < -0.39 is 24.0 Å². The van der Waals surface area contributed by atoms with Crippen LogP contribution >= 0.6 is 11.8 Å². The van der Waals surface area contributed by atoms with E-state index in [0.717, 1.165) is 32.1 Å². The van der Waals surface area contributed by atoms with Crippen molar-refractivity contribution >= 4 is 17.7 Å². The molecule has 0 aromatic carbocycles. The van der Waals surface area contributed by atoms with E-state index >= 15 is 0 Å². The Morgan fingerprint density at radius 2 is 1.89 bits per heavy atom. The molecule has 1 aliphatic heterocycles. The molecule has 2 unspecified atom stereocenters. The van der Waals surface area contributed by atoms with Crippen molar-refractivity contribution in [1.82, 2.24) is 0 Å². The fourth-order valence-corrected chi connectivity index (χ4v) is 5.62. The SMILES string of the molecule is CCCCCC1(CS[C@H]2C(O)CC(O)[C@@H]2CC=CCCCC(=O)O)OCCO1. The van der Waals surface area contributed by atoms with Crippen molar-refractivity contribution in [1.29, 1.82) is 0 Å². The Morgan fingerprint density at radius 3 is 2.57 bits per heavy atom. The molecule has 7 heteroatoms. The zero-order valence-electron chi connectivity index (χ0n) is 16.9. The van der Waals surface area contributed by atoms with Crippen LogP contribution in [0.1, 0.15) is 64.7 Å². The molecule has 1 heterocycles. The smallest absolute Gasteiger partial charge is 0.303 e. The van der Waals surface area contributed by atoms with Crippen molar-refractivity contribution in [3.8, 4) is 0 Å². The van der Waals surface area contributed by atoms with Crippen molar-refractivity contribution in [3.63, 3.8) is 0 Å². The molecular formula is C21H36O6S. The second-order valence-electron chi connectivity index (χ2n) is 7.87. The highest BCUT2D eigenvalue weighted by molar-refractivity contribution is 8.00. The van der Waals surface area contributed by atoms with Crippen molar-refractivity contribution < 1.29 is 29.6 Å². The van der Waals surface area contributed by atoms with Gasteiger partial charge in [-0.3, -0.25) is 4.79 Å². The summed E-state index contributed by atoms with van der Waals surface area (Å²) in [5, 5.41) is 29.5. The zero-order chi connectivity index (χ0) is 20.4. The van der Waals surface area contributed by atoms with Crippen molar-refractivity contribution in [2.75, 3.05) is 19.0 Å². The minimum atomic E-state index is -0.775. The first-order chi connectivity index (χ1) is 13.5. The van der Waals surface area contributed by atoms with Crippen molar-refractivity contribution in [2.24, 2.45) is 5.92 Å². The standard InChI is InChI=1S/C21H36O6S/c1-2-3-8-11-21(26-12-13-27-21)15-28-20-16(17(22)14-18(20)23)9-6-4-5-7-10-19(24)25/h4,6,16-18,20,22-23H,2-3,5,7-15H2,1H3,(H,24,25)/t16-,17?,18?,20+/m0/s1. The number of ether oxygens (including phenoxy) is 2. The Kier molecular flexibility index (Phi) is 10.3. The monoisotopic (exact) mass is 416 g/mol. The third kappa shape index (κ3) is 7.34. The molecule has 0 bridgehead atoms. The fourth-order valence-electron chi connectivity index (χ4n) is 3.99. The minimum absolute atomic E-state index is 0.00943. The molecule has 2 fully saturated rings. The molecule has 1 saturated carbocycles. The highest BCUT2D eigenvalue weighted by Crippen LogP contribution is 2.41. The van der Waals surface area contributed by atoms with E-state index in [-0.39, 0.29) is 17.6 Å². The summed E-state index contributed by atoms with van der Waals surface area (Å²) in [4.78, 5) is 10.5. The molecule has 0 aromatic rings. The van der Waals surface area contributed by atoms with Crippen LogP contribution in [0.5, 0.6) is 0 Å². The number of rotatable bonds is 13. The Morgan fingerprint density at radius 1 is 1.14 bits per heavy atom. The van der Waals surface area contributed by atoms with Gasteiger partial charge in [0.2, 0.25) is 0 Å². The van der Waals surface area contributed by atoms with Gasteiger partial charge in [-0.1, -0.05) is 31.9 Å². The molecule has 1 saturated heterocycles.